The zero-order chi connectivity index (χ0) is 10.8. The average molecular weight is 215 g/mol. The number of aliphatic hydroxyl groups excluding tert-OH is 1. The number of alkyl halides is 4. The predicted molar refractivity (Wildman–Crippen MR) is 42.6 cm³/mol. The van der Waals surface area contributed by atoms with E-state index in [9.17, 15) is 17.6 Å². The molecule has 1 aliphatic heterocycles. The highest BCUT2D eigenvalue weighted by Crippen LogP contribution is 2.25. The third-order valence-electron chi connectivity index (χ3n) is 2.31. The van der Waals surface area contributed by atoms with E-state index in [4.69, 9.17) is 5.11 Å². The second-order valence-electron chi connectivity index (χ2n) is 3.57. The zero-order valence-corrected chi connectivity index (χ0v) is 7.60. The van der Waals surface area contributed by atoms with Crippen LogP contribution in [-0.4, -0.2) is 48.1 Å². The van der Waals surface area contributed by atoms with Crippen LogP contribution in [0, 0.1) is 0 Å². The molecular weight excluding hydrogens is 202 g/mol. The summed E-state index contributed by atoms with van der Waals surface area (Å²) in [6, 6.07) is 0. The van der Waals surface area contributed by atoms with Gasteiger partial charge in [0.05, 0.1) is 12.6 Å². The Morgan fingerprint density at radius 1 is 1.29 bits per heavy atom. The highest BCUT2D eigenvalue weighted by atomic mass is 19.3. The number of piperidine rings is 1. The van der Waals surface area contributed by atoms with Gasteiger partial charge in [-0.05, 0) is 12.8 Å². The van der Waals surface area contributed by atoms with Crippen molar-refractivity contribution in [3.05, 3.63) is 0 Å². The molecule has 14 heavy (non-hydrogen) atoms. The molecule has 0 aromatic rings. The Kier molecular flexibility index (Phi) is 3.71. The molecule has 0 bridgehead atoms. The Labute approximate surface area is 79.5 Å². The molecule has 1 fully saturated rings. The van der Waals surface area contributed by atoms with E-state index in [1.54, 1.807) is 0 Å². The van der Waals surface area contributed by atoms with Crippen LogP contribution in [0.2, 0.25) is 0 Å². The molecule has 0 aromatic carbocycles. The third kappa shape index (κ3) is 3.09. The minimum Gasteiger partial charge on any atom is -0.393 e. The zero-order valence-electron chi connectivity index (χ0n) is 7.60. The number of aliphatic hydroxyl groups is 1. The second-order valence-corrected chi connectivity index (χ2v) is 3.57. The fourth-order valence-corrected chi connectivity index (χ4v) is 1.44. The Morgan fingerprint density at radius 3 is 2.21 bits per heavy atom. The summed E-state index contributed by atoms with van der Waals surface area (Å²) in [5.41, 5.74) is 0. The van der Waals surface area contributed by atoms with Crippen LogP contribution in [0.4, 0.5) is 17.6 Å². The van der Waals surface area contributed by atoms with Crippen molar-refractivity contribution in [1.29, 1.82) is 0 Å². The van der Waals surface area contributed by atoms with Crippen molar-refractivity contribution in [2.24, 2.45) is 0 Å². The van der Waals surface area contributed by atoms with Gasteiger partial charge in [0.25, 0.3) is 0 Å². The fourth-order valence-electron chi connectivity index (χ4n) is 1.44. The van der Waals surface area contributed by atoms with Crippen molar-refractivity contribution >= 4 is 0 Å². The van der Waals surface area contributed by atoms with Crippen LogP contribution in [0.25, 0.3) is 0 Å². The lowest BCUT2D eigenvalue weighted by atomic mass is 10.1. The molecule has 1 heterocycles. The van der Waals surface area contributed by atoms with Crippen molar-refractivity contribution in [1.82, 2.24) is 4.90 Å². The maximum atomic E-state index is 12.6. The van der Waals surface area contributed by atoms with Gasteiger partial charge in [-0.3, -0.25) is 4.90 Å². The van der Waals surface area contributed by atoms with Gasteiger partial charge in [-0.2, -0.15) is 8.78 Å². The minimum atomic E-state index is -3.94. The van der Waals surface area contributed by atoms with Crippen LogP contribution in [0.3, 0.4) is 0 Å². The molecular formula is C8H13F4NO. The smallest absolute Gasteiger partial charge is 0.319 e. The first-order chi connectivity index (χ1) is 6.42. The Morgan fingerprint density at radius 2 is 1.79 bits per heavy atom. The summed E-state index contributed by atoms with van der Waals surface area (Å²) in [5.74, 6) is -3.94. The highest BCUT2D eigenvalue weighted by Gasteiger charge is 2.42. The Balaban J connectivity index is 2.37. The molecule has 0 unspecified atom stereocenters. The first-order valence-corrected chi connectivity index (χ1v) is 4.48. The lowest BCUT2D eigenvalue weighted by Crippen LogP contribution is -2.45. The summed E-state index contributed by atoms with van der Waals surface area (Å²) in [6.45, 7) is -0.412. The van der Waals surface area contributed by atoms with Gasteiger partial charge < -0.3 is 5.11 Å². The first-order valence-electron chi connectivity index (χ1n) is 4.48. The van der Waals surface area contributed by atoms with Gasteiger partial charge in [0.2, 0.25) is 0 Å². The van der Waals surface area contributed by atoms with Crippen LogP contribution < -0.4 is 0 Å². The molecule has 0 aromatic heterocycles. The number of rotatable bonds is 3. The van der Waals surface area contributed by atoms with Crippen LogP contribution in [0.15, 0.2) is 0 Å². The van der Waals surface area contributed by atoms with E-state index < -0.39 is 25.0 Å². The standard InChI is InChI=1S/C8H13F4NO/c9-7(10)8(11,12)5-13-3-1-6(14)2-4-13/h6-7,14H,1-5H2. The Hall–Kier alpha value is -0.360. The summed E-state index contributed by atoms with van der Waals surface area (Å²) < 4.78 is 48.8. The SMILES string of the molecule is OC1CCN(CC(F)(F)C(F)F)CC1. The number of hydrogen-bond acceptors (Lipinski definition) is 2. The van der Waals surface area contributed by atoms with Crippen molar-refractivity contribution in [3.63, 3.8) is 0 Å². The quantitative estimate of drug-likeness (QED) is 0.718. The molecule has 0 aliphatic carbocycles. The van der Waals surface area contributed by atoms with Crippen molar-refractivity contribution in [2.45, 2.75) is 31.3 Å². The number of halogens is 4. The largest absolute Gasteiger partial charge is 0.393 e. The van der Waals surface area contributed by atoms with Gasteiger partial charge >= 0.3 is 12.3 Å². The predicted octanol–water partition coefficient (Wildman–Crippen LogP) is 1.34. The van der Waals surface area contributed by atoms with Gasteiger partial charge in [-0.1, -0.05) is 0 Å². The lowest BCUT2D eigenvalue weighted by Gasteiger charge is -2.31. The number of hydrogen-bond donors (Lipinski definition) is 1. The lowest BCUT2D eigenvalue weighted by molar-refractivity contribution is -0.145. The molecule has 1 aliphatic rings. The van der Waals surface area contributed by atoms with Gasteiger partial charge in [0, 0.05) is 13.1 Å². The maximum absolute atomic E-state index is 12.6. The molecule has 84 valence electrons. The van der Waals surface area contributed by atoms with E-state index in [1.807, 2.05) is 0 Å². The van der Waals surface area contributed by atoms with E-state index in [0.717, 1.165) is 0 Å². The monoisotopic (exact) mass is 215 g/mol. The summed E-state index contributed by atoms with van der Waals surface area (Å²) in [7, 11) is 0. The van der Waals surface area contributed by atoms with Gasteiger partial charge in [-0.15, -0.1) is 0 Å². The van der Waals surface area contributed by atoms with Crippen LogP contribution in [0.5, 0.6) is 0 Å². The second kappa shape index (κ2) is 4.44. The highest BCUT2D eigenvalue weighted by molar-refractivity contribution is 4.78. The minimum absolute atomic E-state index is 0.253. The molecule has 2 nitrogen and oxygen atoms in total. The molecule has 1 N–H and O–H groups in total. The van der Waals surface area contributed by atoms with E-state index in [-0.39, 0.29) is 13.1 Å². The van der Waals surface area contributed by atoms with Crippen LogP contribution in [-0.2, 0) is 0 Å². The molecule has 1 saturated heterocycles. The van der Waals surface area contributed by atoms with Crippen molar-refractivity contribution in [3.8, 4) is 0 Å². The Bertz CT molecular complexity index is 180. The summed E-state index contributed by atoms with van der Waals surface area (Å²) >= 11 is 0. The molecule has 6 heteroatoms. The van der Waals surface area contributed by atoms with Crippen LogP contribution in [0.1, 0.15) is 12.8 Å². The molecule has 0 atom stereocenters. The number of likely N-dealkylation sites (tertiary alicyclic amines) is 1. The summed E-state index contributed by atoms with van der Waals surface area (Å²) in [6.07, 6.45) is -3.35. The molecule has 0 spiro atoms. The van der Waals surface area contributed by atoms with Crippen molar-refractivity contribution < 1.29 is 22.7 Å². The molecule has 0 amide bonds. The molecule has 1 rings (SSSR count). The third-order valence-corrected chi connectivity index (χ3v) is 2.31. The summed E-state index contributed by atoms with van der Waals surface area (Å²) in [4.78, 5) is 1.26. The molecule has 0 radical (unpaired) electrons. The average Bonchev–Trinajstić information content (AvgIpc) is 2.08. The van der Waals surface area contributed by atoms with E-state index in [1.165, 1.54) is 4.90 Å². The summed E-state index contributed by atoms with van der Waals surface area (Å²) in [5, 5.41) is 9.07. The fraction of sp³-hybridized carbons (Fsp3) is 1.00. The number of nitrogens with zero attached hydrogens (tertiary/aromatic N) is 1. The van der Waals surface area contributed by atoms with Gasteiger partial charge in [0.1, 0.15) is 0 Å². The van der Waals surface area contributed by atoms with E-state index in [0.29, 0.717) is 12.8 Å². The normalized spacial score (nSPS) is 21.9. The topological polar surface area (TPSA) is 23.5 Å². The van der Waals surface area contributed by atoms with Gasteiger partial charge in [0.15, 0.2) is 0 Å². The van der Waals surface area contributed by atoms with Crippen LogP contribution >= 0.6 is 0 Å². The van der Waals surface area contributed by atoms with Gasteiger partial charge in [-0.25, -0.2) is 8.78 Å². The first kappa shape index (κ1) is 11.7. The maximum Gasteiger partial charge on any atom is 0.319 e. The molecule has 0 saturated carbocycles. The van der Waals surface area contributed by atoms with E-state index >= 15 is 0 Å². The van der Waals surface area contributed by atoms with Crippen molar-refractivity contribution in [2.75, 3.05) is 19.6 Å². The van der Waals surface area contributed by atoms with E-state index in [2.05, 4.69) is 0 Å².